The summed E-state index contributed by atoms with van der Waals surface area (Å²) in [6, 6.07) is 8.80. The van der Waals surface area contributed by atoms with Crippen molar-refractivity contribution in [1.82, 2.24) is 4.72 Å². The molecule has 0 aliphatic rings. The topological polar surface area (TPSA) is 84.2 Å². The van der Waals surface area contributed by atoms with Crippen molar-refractivity contribution in [2.45, 2.75) is 11.4 Å². The van der Waals surface area contributed by atoms with Crippen molar-refractivity contribution in [3.8, 4) is 0 Å². The van der Waals surface area contributed by atoms with Gasteiger partial charge in [-0.1, -0.05) is 12.1 Å². The maximum atomic E-state index is 13.5. The van der Waals surface area contributed by atoms with E-state index < -0.39 is 21.7 Å². The summed E-state index contributed by atoms with van der Waals surface area (Å²) >= 11 is 0. The molecule has 0 bridgehead atoms. The Hall–Kier alpha value is -2.03. The molecule has 2 aromatic carbocycles. The first kappa shape index (κ1) is 15.4. The Labute approximate surface area is 120 Å². The molecule has 0 aliphatic carbocycles. The van der Waals surface area contributed by atoms with E-state index in [0.29, 0.717) is 0 Å². The van der Waals surface area contributed by atoms with Crippen molar-refractivity contribution in [2.75, 3.05) is 5.43 Å². The average molecular weight is 313 g/mol. The van der Waals surface area contributed by atoms with E-state index in [1.165, 1.54) is 18.2 Å². The molecule has 0 amide bonds. The number of rotatable bonds is 5. The minimum Gasteiger partial charge on any atom is -0.323 e. The maximum Gasteiger partial charge on any atom is 0.242 e. The molecule has 0 aromatic heterocycles. The lowest BCUT2D eigenvalue weighted by Gasteiger charge is -2.11. The number of para-hydroxylation sites is 1. The van der Waals surface area contributed by atoms with Gasteiger partial charge in [-0.05, 0) is 30.3 Å². The third-order valence-electron chi connectivity index (χ3n) is 2.79. The van der Waals surface area contributed by atoms with Crippen LogP contribution in [-0.2, 0) is 16.6 Å². The minimum absolute atomic E-state index is 0.0793. The number of benzene rings is 2. The number of hydrogen-bond acceptors (Lipinski definition) is 4. The van der Waals surface area contributed by atoms with Crippen LogP contribution in [0, 0.1) is 11.6 Å². The molecule has 0 fully saturated rings. The summed E-state index contributed by atoms with van der Waals surface area (Å²) in [6.45, 7) is -0.370. The molecule has 112 valence electrons. The zero-order chi connectivity index (χ0) is 15.5. The highest BCUT2D eigenvalue weighted by atomic mass is 32.2. The molecule has 0 aliphatic heterocycles. The fourth-order valence-corrected chi connectivity index (χ4v) is 2.92. The molecular weight excluding hydrogens is 300 g/mol. The molecule has 4 N–H and O–H groups in total. The van der Waals surface area contributed by atoms with E-state index in [2.05, 4.69) is 10.1 Å². The zero-order valence-corrected chi connectivity index (χ0v) is 11.6. The summed E-state index contributed by atoms with van der Waals surface area (Å²) in [4.78, 5) is -0.0793. The molecular formula is C13H13F2N3O2S. The van der Waals surface area contributed by atoms with Crippen molar-refractivity contribution < 1.29 is 17.2 Å². The highest BCUT2D eigenvalue weighted by Crippen LogP contribution is 2.20. The predicted molar refractivity (Wildman–Crippen MR) is 74.6 cm³/mol. The van der Waals surface area contributed by atoms with Crippen molar-refractivity contribution in [3.05, 3.63) is 59.7 Å². The van der Waals surface area contributed by atoms with E-state index >= 15 is 0 Å². The SMILES string of the molecule is NNc1ccccc1S(=O)(=O)NCc1cc(F)ccc1F. The van der Waals surface area contributed by atoms with E-state index in [4.69, 9.17) is 5.84 Å². The second-order valence-corrected chi connectivity index (χ2v) is 5.94. The number of halogens is 2. The Bertz CT molecular complexity index is 751. The number of nitrogens with one attached hydrogen (secondary N) is 2. The number of nitrogens with two attached hydrogens (primary N) is 1. The van der Waals surface area contributed by atoms with Crippen LogP contribution in [-0.4, -0.2) is 8.42 Å². The molecule has 0 spiro atoms. The van der Waals surface area contributed by atoms with Crippen LogP contribution in [0.15, 0.2) is 47.4 Å². The largest absolute Gasteiger partial charge is 0.323 e. The molecule has 2 aromatic rings. The predicted octanol–water partition coefficient (Wildman–Crippen LogP) is 1.73. The first-order chi connectivity index (χ1) is 9.94. The second kappa shape index (κ2) is 6.17. The smallest absolute Gasteiger partial charge is 0.242 e. The van der Waals surface area contributed by atoms with Crippen molar-refractivity contribution in [3.63, 3.8) is 0 Å². The molecule has 0 saturated heterocycles. The summed E-state index contributed by atoms with van der Waals surface area (Å²) in [5.74, 6) is 3.91. The van der Waals surface area contributed by atoms with E-state index in [-0.39, 0.29) is 22.7 Å². The molecule has 0 atom stereocenters. The van der Waals surface area contributed by atoms with E-state index in [9.17, 15) is 17.2 Å². The quantitative estimate of drug-likeness (QED) is 0.580. The maximum absolute atomic E-state index is 13.5. The second-order valence-electron chi connectivity index (χ2n) is 4.20. The van der Waals surface area contributed by atoms with Gasteiger partial charge in [0.1, 0.15) is 16.5 Å². The zero-order valence-electron chi connectivity index (χ0n) is 10.8. The lowest BCUT2D eigenvalue weighted by molar-refractivity contribution is 0.567. The number of hydrogen-bond donors (Lipinski definition) is 3. The number of nitrogen functional groups attached to an aromatic ring is 1. The highest BCUT2D eigenvalue weighted by Gasteiger charge is 2.18. The Morgan fingerprint density at radius 1 is 1.10 bits per heavy atom. The fraction of sp³-hybridized carbons (Fsp3) is 0.0769. The first-order valence-electron chi connectivity index (χ1n) is 5.93. The summed E-state index contributed by atoms with van der Waals surface area (Å²) in [5, 5.41) is 0. The fourth-order valence-electron chi connectivity index (χ4n) is 1.75. The van der Waals surface area contributed by atoms with Gasteiger partial charge in [0.25, 0.3) is 0 Å². The third kappa shape index (κ3) is 3.54. The molecule has 21 heavy (non-hydrogen) atoms. The summed E-state index contributed by atoms with van der Waals surface area (Å²) < 4.78 is 53.0. The Morgan fingerprint density at radius 2 is 1.81 bits per heavy atom. The molecule has 0 heterocycles. The molecule has 8 heteroatoms. The average Bonchev–Trinajstić information content (AvgIpc) is 2.48. The molecule has 5 nitrogen and oxygen atoms in total. The lowest BCUT2D eigenvalue weighted by atomic mass is 10.2. The van der Waals surface area contributed by atoms with Crippen LogP contribution in [0.1, 0.15) is 5.56 Å². The van der Waals surface area contributed by atoms with Crippen LogP contribution in [0.2, 0.25) is 0 Å². The molecule has 0 radical (unpaired) electrons. The lowest BCUT2D eigenvalue weighted by Crippen LogP contribution is -2.25. The van der Waals surface area contributed by atoms with Crippen molar-refractivity contribution in [2.24, 2.45) is 5.84 Å². The summed E-state index contributed by atoms with van der Waals surface area (Å²) in [7, 11) is -3.91. The first-order valence-corrected chi connectivity index (χ1v) is 7.41. The number of anilines is 1. The standard InChI is InChI=1S/C13H13F2N3O2S/c14-10-5-6-11(15)9(7-10)8-17-21(19,20)13-4-2-1-3-12(13)18-16/h1-7,17-18H,8,16H2. The van der Waals surface area contributed by atoms with Crippen molar-refractivity contribution in [1.29, 1.82) is 0 Å². The van der Waals surface area contributed by atoms with Gasteiger partial charge in [-0.15, -0.1) is 0 Å². The Kier molecular flexibility index (Phi) is 4.51. The van der Waals surface area contributed by atoms with Crippen LogP contribution in [0.25, 0.3) is 0 Å². The van der Waals surface area contributed by atoms with Crippen LogP contribution in [0.4, 0.5) is 14.5 Å². The van der Waals surface area contributed by atoms with E-state index in [0.717, 1.165) is 18.2 Å². The molecule has 2 rings (SSSR count). The van der Waals surface area contributed by atoms with Crippen LogP contribution >= 0.6 is 0 Å². The van der Waals surface area contributed by atoms with Crippen LogP contribution in [0.5, 0.6) is 0 Å². The van der Waals surface area contributed by atoms with Gasteiger partial charge >= 0.3 is 0 Å². The van der Waals surface area contributed by atoms with Gasteiger partial charge in [-0.25, -0.2) is 21.9 Å². The normalized spacial score (nSPS) is 11.4. The molecule has 0 saturated carbocycles. The number of sulfonamides is 1. The summed E-state index contributed by atoms with van der Waals surface area (Å²) in [6.07, 6.45) is 0. The van der Waals surface area contributed by atoms with Crippen LogP contribution in [0.3, 0.4) is 0 Å². The van der Waals surface area contributed by atoms with Gasteiger partial charge < -0.3 is 5.43 Å². The van der Waals surface area contributed by atoms with E-state index in [1.54, 1.807) is 6.07 Å². The molecule has 0 unspecified atom stereocenters. The van der Waals surface area contributed by atoms with Gasteiger partial charge in [0.15, 0.2) is 0 Å². The van der Waals surface area contributed by atoms with Crippen molar-refractivity contribution >= 4 is 15.7 Å². The van der Waals surface area contributed by atoms with E-state index in [1.807, 2.05) is 0 Å². The summed E-state index contributed by atoms with van der Waals surface area (Å²) in [5.41, 5.74) is 2.38. The van der Waals surface area contributed by atoms with Gasteiger partial charge in [0.05, 0.1) is 5.69 Å². The van der Waals surface area contributed by atoms with Gasteiger partial charge in [-0.2, -0.15) is 0 Å². The van der Waals surface area contributed by atoms with Gasteiger partial charge in [-0.3, -0.25) is 5.84 Å². The number of hydrazine groups is 1. The monoisotopic (exact) mass is 313 g/mol. The van der Waals surface area contributed by atoms with Gasteiger partial charge in [0, 0.05) is 12.1 Å². The van der Waals surface area contributed by atoms with Gasteiger partial charge in [0.2, 0.25) is 10.0 Å². The third-order valence-corrected chi connectivity index (χ3v) is 4.25. The van der Waals surface area contributed by atoms with Crippen LogP contribution < -0.4 is 16.0 Å². The highest BCUT2D eigenvalue weighted by molar-refractivity contribution is 7.89. The minimum atomic E-state index is -3.91. The Balaban J connectivity index is 2.24. The Morgan fingerprint density at radius 3 is 2.52 bits per heavy atom.